The highest BCUT2D eigenvalue weighted by Crippen LogP contribution is 2.17. The lowest BCUT2D eigenvalue weighted by atomic mass is 10.2. The number of nitro benzene ring substituents is 1. The maximum absolute atomic E-state index is 12.2. The fourth-order valence-electron chi connectivity index (χ4n) is 1.75. The molecule has 0 saturated carbocycles. The zero-order valence-electron chi connectivity index (χ0n) is 12.5. The van der Waals surface area contributed by atoms with Crippen LogP contribution in [0.25, 0.3) is 0 Å². The van der Waals surface area contributed by atoms with E-state index in [4.69, 9.17) is 5.73 Å². The number of carbonyl (C=O) groups is 1. The summed E-state index contributed by atoms with van der Waals surface area (Å²) in [6, 6.07) is 10.1. The third kappa shape index (κ3) is 4.96. The first-order valence-electron chi connectivity index (χ1n) is 6.71. The lowest BCUT2D eigenvalue weighted by molar-refractivity contribution is -0.384. The van der Waals surface area contributed by atoms with Gasteiger partial charge in [0.2, 0.25) is 0 Å². The van der Waals surface area contributed by atoms with Crippen LogP contribution in [0.3, 0.4) is 0 Å². The molecule has 2 aromatic carbocycles. The van der Waals surface area contributed by atoms with Gasteiger partial charge >= 0.3 is 12.6 Å². The molecule has 10 heteroatoms. The first-order valence-corrected chi connectivity index (χ1v) is 6.71. The number of ether oxygens (including phenoxy) is 1. The average molecular weight is 351 g/mol. The summed E-state index contributed by atoms with van der Waals surface area (Å²) in [5.74, 6) is -1.34. The van der Waals surface area contributed by atoms with Gasteiger partial charge in [-0.1, -0.05) is 11.2 Å². The summed E-state index contributed by atoms with van der Waals surface area (Å²) in [4.78, 5) is 26.5. The predicted octanol–water partition coefficient (Wildman–Crippen LogP) is 2.67. The number of carbonyl (C=O) groups excluding carboxylic acids is 1. The minimum absolute atomic E-state index is 0.0709. The Morgan fingerprint density at radius 2 is 1.84 bits per heavy atom. The number of hydrogen-bond donors (Lipinski definition) is 1. The summed E-state index contributed by atoms with van der Waals surface area (Å²) in [5.41, 5.74) is 5.72. The first kappa shape index (κ1) is 17.8. The lowest BCUT2D eigenvalue weighted by Gasteiger charge is -2.05. The van der Waals surface area contributed by atoms with E-state index in [0.29, 0.717) is 5.56 Å². The molecule has 0 bridgehead atoms. The Kier molecular flexibility index (Phi) is 5.56. The lowest BCUT2D eigenvalue weighted by Crippen LogP contribution is -2.15. The third-order valence-corrected chi connectivity index (χ3v) is 2.90. The van der Waals surface area contributed by atoms with Gasteiger partial charge in [0.25, 0.3) is 5.69 Å². The van der Waals surface area contributed by atoms with Crippen LogP contribution >= 0.6 is 0 Å². The standard InChI is InChI=1S/C15H11F2N3O5/c16-15(17)24-12-3-1-2-10(8-12)14(21)25-19-13(18)9-4-6-11(7-5-9)20(22)23/h1-8,15H,(H2,18,19). The van der Waals surface area contributed by atoms with E-state index < -0.39 is 17.5 Å². The summed E-state index contributed by atoms with van der Waals surface area (Å²) >= 11 is 0. The van der Waals surface area contributed by atoms with E-state index in [-0.39, 0.29) is 22.8 Å². The van der Waals surface area contributed by atoms with Crippen molar-refractivity contribution in [2.75, 3.05) is 0 Å². The highest BCUT2D eigenvalue weighted by molar-refractivity contribution is 5.98. The smallest absolute Gasteiger partial charge is 0.387 e. The molecule has 0 aromatic heterocycles. The Labute approximate surface area is 139 Å². The van der Waals surface area contributed by atoms with Gasteiger partial charge in [-0.2, -0.15) is 8.78 Å². The van der Waals surface area contributed by atoms with Crippen LogP contribution in [0.15, 0.2) is 53.7 Å². The molecule has 0 saturated heterocycles. The van der Waals surface area contributed by atoms with Gasteiger partial charge in [-0.25, -0.2) is 4.79 Å². The number of hydrogen-bond acceptors (Lipinski definition) is 6. The fraction of sp³-hybridized carbons (Fsp3) is 0.0667. The number of alkyl halides is 2. The maximum atomic E-state index is 12.2. The Hall–Kier alpha value is -3.56. The number of nitro groups is 1. The highest BCUT2D eigenvalue weighted by Gasteiger charge is 2.12. The van der Waals surface area contributed by atoms with Gasteiger partial charge in [0.15, 0.2) is 5.84 Å². The van der Waals surface area contributed by atoms with Crippen molar-refractivity contribution in [3.05, 3.63) is 69.8 Å². The van der Waals surface area contributed by atoms with Gasteiger partial charge in [0, 0.05) is 17.7 Å². The number of rotatable bonds is 6. The van der Waals surface area contributed by atoms with Crippen LogP contribution in [0.5, 0.6) is 5.75 Å². The normalized spacial score (nSPS) is 11.2. The largest absolute Gasteiger partial charge is 0.435 e. The molecule has 0 fully saturated rings. The number of oxime groups is 1. The molecule has 2 rings (SSSR count). The van der Waals surface area contributed by atoms with Crippen LogP contribution in [0, 0.1) is 10.1 Å². The third-order valence-electron chi connectivity index (χ3n) is 2.90. The van der Waals surface area contributed by atoms with Gasteiger partial charge < -0.3 is 15.3 Å². The molecule has 0 heterocycles. The number of benzene rings is 2. The molecule has 0 amide bonds. The van der Waals surface area contributed by atoms with Gasteiger partial charge in [-0.3, -0.25) is 10.1 Å². The minimum atomic E-state index is -3.03. The van der Waals surface area contributed by atoms with Crippen LogP contribution < -0.4 is 10.5 Å². The second-order valence-corrected chi connectivity index (χ2v) is 4.57. The molecule has 0 aliphatic carbocycles. The Bertz CT molecular complexity index is 809. The first-order chi connectivity index (χ1) is 11.9. The zero-order valence-corrected chi connectivity index (χ0v) is 12.5. The molecule has 2 N–H and O–H groups in total. The van der Waals surface area contributed by atoms with Crippen LogP contribution in [0.4, 0.5) is 14.5 Å². The van der Waals surface area contributed by atoms with Crippen molar-refractivity contribution in [2.45, 2.75) is 6.61 Å². The summed E-state index contributed by atoms with van der Waals surface area (Å²) in [5, 5.41) is 14.0. The molecule has 8 nitrogen and oxygen atoms in total. The van der Waals surface area contributed by atoms with E-state index in [0.717, 1.165) is 6.07 Å². The molecule has 2 aromatic rings. The molecule has 0 aliphatic rings. The quantitative estimate of drug-likeness (QED) is 0.281. The summed E-state index contributed by atoms with van der Waals surface area (Å²) in [6.07, 6.45) is 0. The van der Waals surface area contributed by atoms with Crippen molar-refractivity contribution in [2.24, 2.45) is 10.9 Å². The number of nitrogens with two attached hydrogens (primary N) is 1. The number of halogens is 2. The topological polar surface area (TPSA) is 117 Å². The number of nitrogens with zero attached hydrogens (tertiary/aromatic N) is 2. The van der Waals surface area contributed by atoms with Crippen molar-refractivity contribution >= 4 is 17.5 Å². The van der Waals surface area contributed by atoms with E-state index in [1.54, 1.807) is 0 Å². The van der Waals surface area contributed by atoms with E-state index in [2.05, 4.69) is 14.7 Å². The van der Waals surface area contributed by atoms with Crippen molar-refractivity contribution in [1.82, 2.24) is 0 Å². The van der Waals surface area contributed by atoms with Crippen molar-refractivity contribution in [1.29, 1.82) is 0 Å². The highest BCUT2D eigenvalue weighted by atomic mass is 19.3. The zero-order chi connectivity index (χ0) is 18.4. The van der Waals surface area contributed by atoms with Crippen LogP contribution in [0.2, 0.25) is 0 Å². The second kappa shape index (κ2) is 7.81. The summed E-state index contributed by atoms with van der Waals surface area (Å²) in [7, 11) is 0. The molecular weight excluding hydrogens is 340 g/mol. The number of amidine groups is 1. The molecule has 130 valence electrons. The monoisotopic (exact) mass is 351 g/mol. The number of non-ortho nitro benzene ring substituents is 1. The van der Waals surface area contributed by atoms with Crippen LogP contribution in [-0.2, 0) is 4.84 Å². The SMILES string of the molecule is N/C(=N\OC(=O)c1cccc(OC(F)F)c1)c1ccc([N+](=O)[O-])cc1. The Morgan fingerprint density at radius 3 is 2.44 bits per heavy atom. The van der Waals surface area contributed by atoms with Crippen LogP contribution in [-0.4, -0.2) is 23.3 Å². The summed E-state index contributed by atoms with van der Waals surface area (Å²) in [6.45, 7) is -3.03. The van der Waals surface area contributed by atoms with Crippen molar-refractivity contribution < 1.29 is 28.1 Å². The van der Waals surface area contributed by atoms with Crippen molar-refractivity contribution in [3.8, 4) is 5.75 Å². The van der Waals surface area contributed by atoms with Gasteiger partial charge in [-0.15, -0.1) is 0 Å². The molecule has 25 heavy (non-hydrogen) atoms. The second-order valence-electron chi connectivity index (χ2n) is 4.57. The molecule has 0 unspecified atom stereocenters. The fourth-order valence-corrected chi connectivity index (χ4v) is 1.75. The van der Waals surface area contributed by atoms with Gasteiger partial charge in [-0.05, 0) is 30.3 Å². The van der Waals surface area contributed by atoms with E-state index >= 15 is 0 Å². The van der Waals surface area contributed by atoms with Crippen LogP contribution in [0.1, 0.15) is 15.9 Å². The molecular formula is C15H11F2N3O5. The molecule has 0 aliphatic heterocycles. The Morgan fingerprint density at radius 1 is 1.16 bits per heavy atom. The van der Waals surface area contributed by atoms with E-state index in [1.807, 2.05) is 0 Å². The predicted molar refractivity (Wildman–Crippen MR) is 82.3 cm³/mol. The summed E-state index contributed by atoms with van der Waals surface area (Å²) < 4.78 is 28.5. The van der Waals surface area contributed by atoms with Crippen molar-refractivity contribution in [3.63, 3.8) is 0 Å². The van der Waals surface area contributed by atoms with E-state index in [9.17, 15) is 23.7 Å². The molecule has 0 radical (unpaired) electrons. The van der Waals surface area contributed by atoms with E-state index in [1.165, 1.54) is 42.5 Å². The molecule has 0 atom stereocenters. The maximum Gasteiger partial charge on any atom is 0.387 e. The Balaban J connectivity index is 2.07. The minimum Gasteiger partial charge on any atom is -0.435 e. The molecule has 0 spiro atoms. The van der Waals surface area contributed by atoms with Gasteiger partial charge in [0.1, 0.15) is 5.75 Å². The van der Waals surface area contributed by atoms with Gasteiger partial charge in [0.05, 0.1) is 10.5 Å². The average Bonchev–Trinajstić information content (AvgIpc) is 2.59.